The smallest absolute Gasteiger partial charge is 0.0502 e. The van der Waals surface area contributed by atoms with Gasteiger partial charge in [-0.15, -0.1) is 12.4 Å². The maximum atomic E-state index is 5.80. The Kier molecular flexibility index (Phi) is 6.47. The van der Waals surface area contributed by atoms with Gasteiger partial charge in [0.1, 0.15) is 0 Å². The molecule has 1 aliphatic heterocycles. The van der Waals surface area contributed by atoms with Gasteiger partial charge in [0.2, 0.25) is 0 Å². The lowest BCUT2D eigenvalue weighted by molar-refractivity contribution is 0.0874. The fourth-order valence-electron chi connectivity index (χ4n) is 2.62. The molecule has 0 aromatic heterocycles. The lowest BCUT2D eigenvalue weighted by Gasteiger charge is -2.32. The monoisotopic (exact) mass is 270 g/mol. The molecule has 0 aliphatic carbocycles. The largest absolute Gasteiger partial charge is 0.399 e. The molecule has 0 saturated carbocycles. The van der Waals surface area contributed by atoms with E-state index in [0.717, 1.165) is 25.4 Å². The Morgan fingerprint density at radius 3 is 3.00 bits per heavy atom. The Balaban J connectivity index is 0.00000162. The van der Waals surface area contributed by atoms with Gasteiger partial charge in [-0.05, 0) is 43.0 Å². The third-order valence-corrected chi connectivity index (χ3v) is 3.36. The van der Waals surface area contributed by atoms with E-state index in [0.29, 0.717) is 5.92 Å². The number of hydrogen-bond donors (Lipinski definition) is 1. The van der Waals surface area contributed by atoms with E-state index in [1.165, 1.54) is 24.9 Å². The number of halogens is 1. The topological polar surface area (TPSA) is 38.5 Å². The van der Waals surface area contributed by atoms with Gasteiger partial charge in [-0.2, -0.15) is 0 Å². The van der Waals surface area contributed by atoms with Gasteiger partial charge in [0.05, 0.1) is 6.61 Å². The Hall–Kier alpha value is -0.770. The van der Waals surface area contributed by atoms with Crippen LogP contribution in [0.15, 0.2) is 24.3 Å². The molecule has 0 amide bonds. The van der Waals surface area contributed by atoms with E-state index in [-0.39, 0.29) is 12.4 Å². The van der Waals surface area contributed by atoms with Crippen LogP contribution in [0.4, 0.5) is 5.69 Å². The van der Waals surface area contributed by atoms with E-state index in [9.17, 15) is 0 Å². The number of anilines is 1. The molecule has 2 N–H and O–H groups in total. The van der Waals surface area contributed by atoms with E-state index in [1.54, 1.807) is 7.11 Å². The maximum Gasteiger partial charge on any atom is 0.0502 e. The molecule has 3 nitrogen and oxygen atoms in total. The van der Waals surface area contributed by atoms with Crippen LogP contribution in [0.2, 0.25) is 0 Å². The number of likely N-dealkylation sites (tertiary alicyclic amines) is 1. The zero-order valence-electron chi connectivity index (χ0n) is 11.0. The number of nitrogens with zero attached hydrogens (tertiary/aromatic N) is 1. The normalized spacial score (nSPS) is 20.4. The molecule has 1 unspecified atom stereocenters. The highest BCUT2D eigenvalue weighted by molar-refractivity contribution is 5.85. The van der Waals surface area contributed by atoms with Crippen LogP contribution in [0.1, 0.15) is 18.4 Å². The van der Waals surface area contributed by atoms with E-state index in [4.69, 9.17) is 10.5 Å². The molecular formula is C14H23ClN2O. The van der Waals surface area contributed by atoms with Crippen molar-refractivity contribution < 1.29 is 4.74 Å². The second-order valence-corrected chi connectivity index (χ2v) is 4.94. The van der Waals surface area contributed by atoms with E-state index in [2.05, 4.69) is 17.0 Å². The summed E-state index contributed by atoms with van der Waals surface area (Å²) in [4.78, 5) is 2.50. The van der Waals surface area contributed by atoms with Gasteiger partial charge in [0.25, 0.3) is 0 Å². The van der Waals surface area contributed by atoms with Crippen molar-refractivity contribution in [2.45, 2.75) is 19.4 Å². The van der Waals surface area contributed by atoms with Gasteiger partial charge >= 0.3 is 0 Å². The van der Waals surface area contributed by atoms with E-state index < -0.39 is 0 Å². The van der Waals surface area contributed by atoms with Crippen LogP contribution in [0.25, 0.3) is 0 Å². The van der Waals surface area contributed by atoms with Crippen LogP contribution in [-0.2, 0) is 11.3 Å². The quantitative estimate of drug-likeness (QED) is 0.855. The fraction of sp³-hybridized carbons (Fsp3) is 0.571. The van der Waals surface area contributed by atoms with Crippen LogP contribution in [-0.4, -0.2) is 31.7 Å². The van der Waals surface area contributed by atoms with Crippen molar-refractivity contribution >= 4 is 18.1 Å². The average Bonchev–Trinajstić information content (AvgIpc) is 2.30. The zero-order chi connectivity index (χ0) is 12.1. The number of ether oxygens (including phenoxy) is 1. The number of methoxy groups -OCH3 is 1. The van der Waals surface area contributed by atoms with Gasteiger partial charge in [-0.25, -0.2) is 0 Å². The SMILES string of the molecule is COCC1CCCN(Cc2cccc(N)c2)C1.Cl. The summed E-state index contributed by atoms with van der Waals surface area (Å²) in [7, 11) is 1.79. The molecule has 0 spiro atoms. The fourth-order valence-corrected chi connectivity index (χ4v) is 2.62. The first-order valence-corrected chi connectivity index (χ1v) is 6.33. The summed E-state index contributed by atoms with van der Waals surface area (Å²) < 4.78 is 5.25. The predicted octanol–water partition coefficient (Wildman–Crippen LogP) is 2.55. The number of piperidine rings is 1. The summed E-state index contributed by atoms with van der Waals surface area (Å²) in [5, 5.41) is 0. The molecule has 1 aromatic carbocycles. The zero-order valence-corrected chi connectivity index (χ0v) is 11.8. The van der Waals surface area contributed by atoms with Crippen molar-refractivity contribution in [3.05, 3.63) is 29.8 Å². The van der Waals surface area contributed by atoms with Crippen molar-refractivity contribution in [2.75, 3.05) is 32.5 Å². The highest BCUT2D eigenvalue weighted by Crippen LogP contribution is 2.19. The van der Waals surface area contributed by atoms with Crippen molar-refractivity contribution in [1.82, 2.24) is 4.90 Å². The van der Waals surface area contributed by atoms with Crippen LogP contribution < -0.4 is 5.73 Å². The second-order valence-electron chi connectivity index (χ2n) is 4.94. The second kappa shape index (κ2) is 7.62. The number of nitrogen functional groups attached to an aromatic ring is 1. The number of hydrogen-bond acceptors (Lipinski definition) is 3. The molecule has 1 fully saturated rings. The van der Waals surface area contributed by atoms with Gasteiger partial charge in [0.15, 0.2) is 0 Å². The van der Waals surface area contributed by atoms with Crippen molar-refractivity contribution in [3.63, 3.8) is 0 Å². The first-order chi connectivity index (χ1) is 8.28. The van der Waals surface area contributed by atoms with Crippen LogP contribution in [0.3, 0.4) is 0 Å². The first kappa shape index (κ1) is 15.3. The summed E-state index contributed by atoms with van der Waals surface area (Å²) in [5.74, 6) is 0.690. The molecular weight excluding hydrogens is 248 g/mol. The summed E-state index contributed by atoms with van der Waals surface area (Å²) in [6.07, 6.45) is 2.57. The molecule has 1 atom stereocenters. The summed E-state index contributed by atoms with van der Waals surface area (Å²) in [5.41, 5.74) is 7.96. The molecule has 4 heteroatoms. The minimum Gasteiger partial charge on any atom is -0.399 e. The molecule has 102 valence electrons. The van der Waals surface area contributed by atoms with Gasteiger partial charge in [-0.1, -0.05) is 12.1 Å². The third kappa shape index (κ3) is 4.48. The lowest BCUT2D eigenvalue weighted by atomic mass is 9.98. The standard InChI is InChI=1S/C14H22N2O.ClH/c1-17-11-13-5-3-7-16(10-13)9-12-4-2-6-14(15)8-12;/h2,4,6,8,13H,3,5,7,9-11,15H2,1H3;1H. The maximum absolute atomic E-state index is 5.80. The highest BCUT2D eigenvalue weighted by Gasteiger charge is 2.19. The molecule has 1 aliphatic rings. The summed E-state index contributed by atoms with van der Waals surface area (Å²) >= 11 is 0. The Labute approximate surface area is 116 Å². The Morgan fingerprint density at radius 2 is 2.28 bits per heavy atom. The van der Waals surface area contributed by atoms with Crippen LogP contribution in [0, 0.1) is 5.92 Å². The van der Waals surface area contributed by atoms with E-state index in [1.807, 2.05) is 12.1 Å². The van der Waals surface area contributed by atoms with Crippen molar-refractivity contribution in [2.24, 2.45) is 5.92 Å². The minimum absolute atomic E-state index is 0. The number of rotatable bonds is 4. The number of nitrogens with two attached hydrogens (primary N) is 1. The van der Waals surface area contributed by atoms with Crippen molar-refractivity contribution in [1.29, 1.82) is 0 Å². The Morgan fingerprint density at radius 1 is 1.44 bits per heavy atom. The first-order valence-electron chi connectivity index (χ1n) is 6.33. The summed E-state index contributed by atoms with van der Waals surface area (Å²) in [6.45, 7) is 4.22. The van der Waals surface area contributed by atoms with Crippen LogP contribution in [0.5, 0.6) is 0 Å². The third-order valence-electron chi connectivity index (χ3n) is 3.36. The predicted molar refractivity (Wildman–Crippen MR) is 78.0 cm³/mol. The minimum atomic E-state index is 0. The molecule has 0 bridgehead atoms. The highest BCUT2D eigenvalue weighted by atomic mass is 35.5. The molecule has 1 aromatic rings. The van der Waals surface area contributed by atoms with E-state index >= 15 is 0 Å². The van der Waals surface area contributed by atoms with Gasteiger partial charge < -0.3 is 10.5 Å². The number of benzene rings is 1. The molecule has 0 radical (unpaired) electrons. The summed E-state index contributed by atoms with van der Waals surface area (Å²) in [6, 6.07) is 8.19. The molecule has 1 saturated heterocycles. The average molecular weight is 271 g/mol. The Bertz CT molecular complexity index is 357. The van der Waals surface area contributed by atoms with Crippen molar-refractivity contribution in [3.8, 4) is 0 Å². The van der Waals surface area contributed by atoms with Gasteiger partial charge in [0, 0.05) is 25.9 Å². The molecule has 1 heterocycles. The molecule has 18 heavy (non-hydrogen) atoms. The van der Waals surface area contributed by atoms with Gasteiger partial charge in [-0.3, -0.25) is 4.90 Å². The van der Waals surface area contributed by atoms with Crippen LogP contribution >= 0.6 is 12.4 Å². The molecule has 2 rings (SSSR count). The lowest BCUT2D eigenvalue weighted by Crippen LogP contribution is -2.36.